The van der Waals surface area contributed by atoms with Crippen LogP contribution in [0.2, 0.25) is 0 Å². The Bertz CT molecular complexity index is 442. The van der Waals surface area contributed by atoms with Crippen molar-refractivity contribution in [2.75, 3.05) is 0 Å². The van der Waals surface area contributed by atoms with Gasteiger partial charge in [-0.25, -0.2) is 4.68 Å². The fraction of sp³-hybridized carbons (Fsp3) is 0.625. The maximum Gasteiger partial charge on any atom is 0.228 e. The van der Waals surface area contributed by atoms with E-state index >= 15 is 0 Å². The third-order valence-electron chi connectivity index (χ3n) is 1.93. The number of aryl methyl sites for hydroxylation is 1. The number of nitriles is 1. The Balaban J connectivity index is 3.29. The molecule has 0 saturated heterocycles. The Morgan fingerprint density at radius 3 is 2.29 bits per heavy atom. The van der Waals surface area contributed by atoms with E-state index in [4.69, 9.17) is 63.3 Å². The highest BCUT2D eigenvalue weighted by Crippen LogP contribution is 2.52. The van der Waals surface area contributed by atoms with Crippen molar-refractivity contribution in [2.45, 2.75) is 28.0 Å². The summed E-state index contributed by atoms with van der Waals surface area (Å²) in [5.74, 6) is 0. The van der Waals surface area contributed by atoms with Crippen molar-refractivity contribution in [3.8, 4) is 6.07 Å². The third kappa shape index (κ3) is 2.91. The number of nitrogens with zero attached hydrogens (tertiary/aromatic N) is 4. The first-order valence-electron chi connectivity index (χ1n) is 4.54. The Morgan fingerprint density at radius 1 is 1.29 bits per heavy atom. The SMILES string of the molecule is CCCn1nnc(C(Cl)(Cl)C(Cl)(Cl)Cl)c1C#N. The predicted molar refractivity (Wildman–Crippen MR) is 68.7 cm³/mol. The molecule has 0 aliphatic heterocycles. The quantitative estimate of drug-likeness (QED) is 0.793. The minimum absolute atomic E-state index is 0.0585. The van der Waals surface area contributed by atoms with Gasteiger partial charge in [0.15, 0.2) is 5.69 Å². The van der Waals surface area contributed by atoms with Crippen LogP contribution in [0.1, 0.15) is 24.7 Å². The second-order valence-electron chi connectivity index (χ2n) is 3.19. The smallest absolute Gasteiger partial charge is 0.228 e. The van der Waals surface area contributed by atoms with Crippen molar-refractivity contribution >= 4 is 58.0 Å². The van der Waals surface area contributed by atoms with Crippen LogP contribution >= 0.6 is 58.0 Å². The summed E-state index contributed by atoms with van der Waals surface area (Å²) in [7, 11) is 0. The van der Waals surface area contributed by atoms with E-state index in [1.807, 2.05) is 13.0 Å². The molecule has 1 aromatic rings. The number of alkyl halides is 5. The van der Waals surface area contributed by atoms with E-state index < -0.39 is 8.13 Å². The van der Waals surface area contributed by atoms with E-state index in [9.17, 15) is 0 Å². The zero-order chi connectivity index (χ0) is 13.3. The van der Waals surface area contributed by atoms with Gasteiger partial charge in [0.2, 0.25) is 8.13 Å². The Kier molecular flexibility index (Phi) is 4.79. The highest BCUT2D eigenvalue weighted by atomic mass is 35.6. The van der Waals surface area contributed by atoms with Crippen molar-refractivity contribution in [3.05, 3.63) is 11.4 Å². The summed E-state index contributed by atoms with van der Waals surface area (Å²) in [5.41, 5.74) is 0.0277. The lowest BCUT2D eigenvalue weighted by molar-refractivity contribution is 0.573. The summed E-state index contributed by atoms with van der Waals surface area (Å²) in [6.45, 7) is 2.42. The van der Waals surface area contributed by atoms with Gasteiger partial charge in [0, 0.05) is 6.54 Å². The molecule has 1 rings (SSSR count). The second kappa shape index (κ2) is 5.38. The lowest BCUT2D eigenvalue weighted by Gasteiger charge is -2.25. The molecule has 4 nitrogen and oxygen atoms in total. The molecule has 9 heteroatoms. The first-order valence-corrected chi connectivity index (χ1v) is 6.43. The van der Waals surface area contributed by atoms with Crippen molar-refractivity contribution in [3.63, 3.8) is 0 Å². The summed E-state index contributed by atoms with van der Waals surface area (Å²) in [6, 6.07) is 1.90. The van der Waals surface area contributed by atoms with E-state index in [-0.39, 0.29) is 11.4 Å². The average Bonchev–Trinajstić information content (AvgIpc) is 2.60. The normalized spacial score (nSPS) is 12.5. The van der Waals surface area contributed by atoms with E-state index in [2.05, 4.69) is 10.3 Å². The van der Waals surface area contributed by atoms with Crippen LogP contribution in [0.4, 0.5) is 0 Å². The molecule has 0 saturated carbocycles. The topological polar surface area (TPSA) is 54.5 Å². The monoisotopic (exact) mass is 334 g/mol. The molecule has 0 aliphatic rings. The lowest BCUT2D eigenvalue weighted by Crippen LogP contribution is -2.29. The molecule has 0 radical (unpaired) electrons. The Hall–Kier alpha value is 0.0800. The maximum atomic E-state index is 9.05. The summed E-state index contributed by atoms with van der Waals surface area (Å²) in [4.78, 5) is 0. The molecule has 0 spiro atoms. The largest absolute Gasteiger partial charge is 0.234 e. The molecule has 0 bridgehead atoms. The molecule has 0 amide bonds. The van der Waals surface area contributed by atoms with Gasteiger partial charge in [0.25, 0.3) is 0 Å². The Labute approximate surface area is 123 Å². The van der Waals surface area contributed by atoms with E-state index in [1.165, 1.54) is 4.68 Å². The van der Waals surface area contributed by atoms with Gasteiger partial charge in [-0.05, 0) is 6.42 Å². The molecule has 94 valence electrons. The third-order valence-corrected chi connectivity index (χ3v) is 4.29. The molecule has 0 aromatic carbocycles. The van der Waals surface area contributed by atoms with E-state index in [0.29, 0.717) is 6.54 Å². The molecule has 1 aromatic heterocycles. The molecule has 1 heterocycles. The van der Waals surface area contributed by atoms with Crippen LogP contribution in [0.25, 0.3) is 0 Å². The number of hydrogen-bond donors (Lipinski definition) is 0. The van der Waals surface area contributed by atoms with Gasteiger partial charge in [-0.2, -0.15) is 5.26 Å². The van der Waals surface area contributed by atoms with Crippen LogP contribution in [0.15, 0.2) is 0 Å². The van der Waals surface area contributed by atoms with Crippen LogP contribution in [-0.4, -0.2) is 18.8 Å². The van der Waals surface area contributed by atoms with Gasteiger partial charge in [-0.3, -0.25) is 0 Å². The predicted octanol–water partition coefficient (Wildman–Crippen LogP) is 3.56. The number of hydrogen-bond acceptors (Lipinski definition) is 3. The minimum atomic E-state index is -2.02. The summed E-state index contributed by atoms with van der Waals surface area (Å²) < 4.78 is -2.59. The average molecular weight is 336 g/mol. The van der Waals surface area contributed by atoms with Crippen LogP contribution < -0.4 is 0 Å². The van der Waals surface area contributed by atoms with Gasteiger partial charge < -0.3 is 0 Å². The van der Waals surface area contributed by atoms with Gasteiger partial charge in [0.05, 0.1) is 0 Å². The van der Waals surface area contributed by atoms with Crippen molar-refractivity contribution < 1.29 is 0 Å². The molecule has 0 N–H and O–H groups in total. The minimum Gasteiger partial charge on any atom is -0.234 e. The zero-order valence-corrected chi connectivity index (χ0v) is 12.4. The van der Waals surface area contributed by atoms with Crippen molar-refractivity contribution in [1.29, 1.82) is 5.26 Å². The van der Waals surface area contributed by atoms with E-state index in [0.717, 1.165) is 6.42 Å². The standard InChI is InChI=1S/C8H7Cl5N4/c1-2-3-17-5(4-14)6(15-16-17)7(9,10)8(11,12)13/h2-3H2,1H3. The van der Waals surface area contributed by atoms with Gasteiger partial charge >= 0.3 is 0 Å². The summed E-state index contributed by atoms with van der Waals surface area (Å²) in [5, 5.41) is 16.5. The molecular weight excluding hydrogens is 329 g/mol. The van der Waals surface area contributed by atoms with Crippen molar-refractivity contribution in [1.82, 2.24) is 15.0 Å². The molecular formula is C8H7Cl5N4. The van der Waals surface area contributed by atoms with Crippen LogP contribution in [-0.2, 0) is 10.9 Å². The summed E-state index contributed by atoms with van der Waals surface area (Å²) in [6.07, 6.45) is 0.767. The van der Waals surface area contributed by atoms with Crippen LogP contribution in [0.3, 0.4) is 0 Å². The fourth-order valence-corrected chi connectivity index (χ4v) is 1.66. The first-order chi connectivity index (χ1) is 7.75. The number of aromatic nitrogens is 3. The summed E-state index contributed by atoms with van der Waals surface area (Å²) >= 11 is 28.8. The van der Waals surface area contributed by atoms with Crippen LogP contribution in [0, 0.1) is 11.3 Å². The van der Waals surface area contributed by atoms with Crippen LogP contribution in [0.5, 0.6) is 0 Å². The lowest BCUT2D eigenvalue weighted by atomic mass is 10.2. The fourth-order valence-electron chi connectivity index (χ4n) is 1.14. The maximum absolute atomic E-state index is 9.05. The number of rotatable bonds is 3. The molecule has 0 fully saturated rings. The molecule has 0 unspecified atom stereocenters. The zero-order valence-electron chi connectivity index (χ0n) is 8.59. The molecule has 0 aliphatic carbocycles. The molecule has 0 atom stereocenters. The van der Waals surface area contributed by atoms with Gasteiger partial charge in [0.1, 0.15) is 11.8 Å². The Morgan fingerprint density at radius 2 is 1.88 bits per heavy atom. The van der Waals surface area contributed by atoms with Crippen molar-refractivity contribution in [2.24, 2.45) is 0 Å². The van der Waals surface area contributed by atoms with Gasteiger partial charge in [-0.15, -0.1) is 5.10 Å². The van der Waals surface area contributed by atoms with E-state index in [1.54, 1.807) is 0 Å². The highest BCUT2D eigenvalue weighted by Gasteiger charge is 2.51. The number of halogens is 5. The second-order valence-corrected chi connectivity index (χ2v) is 6.80. The first kappa shape index (κ1) is 15.1. The van der Waals surface area contributed by atoms with Gasteiger partial charge in [-0.1, -0.05) is 70.1 Å². The highest BCUT2D eigenvalue weighted by molar-refractivity contribution is 6.75. The molecule has 17 heavy (non-hydrogen) atoms.